The van der Waals surface area contributed by atoms with Gasteiger partial charge in [0.15, 0.2) is 0 Å². The van der Waals surface area contributed by atoms with E-state index in [1.807, 2.05) is 6.92 Å². The minimum Gasteiger partial charge on any atom is -0.478 e. The molecule has 1 aromatic heterocycles. The zero-order valence-electron chi connectivity index (χ0n) is 9.47. The Morgan fingerprint density at radius 1 is 1.50 bits per heavy atom. The standard InChI is InChI=1S/C10H17N3O3/c1-3-16-9-4-8(12-7-13-9)11-5-10(2,15)6-14/h4,7,14-15H,3,5-6H2,1-2H3,(H,11,12,13). The molecule has 90 valence electrons. The molecule has 1 unspecified atom stereocenters. The molecule has 6 nitrogen and oxygen atoms in total. The van der Waals surface area contributed by atoms with Gasteiger partial charge in [-0.1, -0.05) is 0 Å². The second kappa shape index (κ2) is 5.62. The number of aliphatic hydroxyl groups excluding tert-OH is 1. The molecule has 6 heteroatoms. The van der Waals surface area contributed by atoms with Gasteiger partial charge in [0.25, 0.3) is 0 Å². The average Bonchev–Trinajstić information content (AvgIpc) is 2.28. The smallest absolute Gasteiger partial charge is 0.218 e. The van der Waals surface area contributed by atoms with Crippen LogP contribution in [-0.2, 0) is 0 Å². The molecule has 0 saturated carbocycles. The predicted molar refractivity (Wildman–Crippen MR) is 59.4 cm³/mol. The van der Waals surface area contributed by atoms with Crippen molar-refractivity contribution in [1.82, 2.24) is 9.97 Å². The Labute approximate surface area is 94.3 Å². The van der Waals surface area contributed by atoms with Gasteiger partial charge < -0.3 is 20.3 Å². The van der Waals surface area contributed by atoms with Crippen LogP contribution in [0.15, 0.2) is 12.4 Å². The minimum absolute atomic E-state index is 0.200. The van der Waals surface area contributed by atoms with Crippen molar-refractivity contribution in [2.24, 2.45) is 0 Å². The van der Waals surface area contributed by atoms with Crippen LogP contribution in [0, 0.1) is 0 Å². The summed E-state index contributed by atoms with van der Waals surface area (Å²) in [5.41, 5.74) is -1.17. The van der Waals surface area contributed by atoms with Gasteiger partial charge in [-0.05, 0) is 13.8 Å². The monoisotopic (exact) mass is 227 g/mol. The summed E-state index contributed by atoms with van der Waals surface area (Å²) >= 11 is 0. The second-order valence-corrected chi connectivity index (χ2v) is 3.68. The van der Waals surface area contributed by atoms with Crippen molar-refractivity contribution in [3.63, 3.8) is 0 Å². The lowest BCUT2D eigenvalue weighted by molar-refractivity contribution is 0.0131. The lowest BCUT2D eigenvalue weighted by atomic mass is 10.1. The van der Waals surface area contributed by atoms with Gasteiger partial charge in [0.2, 0.25) is 5.88 Å². The third kappa shape index (κ3) is 4.00. The van der Waals surface area contributed by atoms with Gasteiger partial charge in [0.05, 0.1) is 13.2 Å². The fraction of sp³-hybridized carbons (Fsp3) is 0.600. The molecule has 1 heterocycles. The predicted octanol–water partition coefficient (Wildman–Crippen LogP) is 0.0305. The zero-order chi connectivity index (χ0) is 12.0. The molecule has 0 spiro atoms. The lowest BCUT2D eigenvalue weighted by Crippen LogP contribution is -2.37. The summed E-state index contributed by atoms with van der Waals surface area (Å²) in [6.07, 6.45) is 1.38. The maximum Gasteiger partial charge on any atom is 0.218 e. The average molecular weight is 227 g/mol. The van der Waals surface area contributed by atoms with Crippen LogP contribution in [0.25, 0.3) is 0 Å². The van der Waals surface area contributed by atoms with Crippen LogP contribution in [0.1, 0.15) is 13.8 Å². The maximum atomic E-state index is 9.57. The van der Waals surface area contributed by atoms with Crippen LogP contribution < -0.4 is 10.1 Å². The minimum atomic E-state index is -1.17. The third-order valence-electron chi connectivity index (χ3n) is 1.93. The Morgan fingerprint density at radius 2 is 2.25 bits per heavy atom. The van der Waals surface area contributed by atoms with E-state index in [0.29, 0.717) is 18.3 Å². The number of hydrogen-bond acceptors (Lipinski definition) is 6. The Hall–Kier alpha value is -1.40. The molecular weight excluding hydrogens is 210 g/mol. The molecule has 1 aromatic rings. The van der Waals surface area contributed by atoms with Crippen LogP contribution in [0.5, 0.6) is 5.88 Å². The molecule has 3 N–H and O–H groups in total. The molecule has 1 atom stereocenters. The van der Waals surface area contributed by atoms with Crippen molar-refractivity contribution in [1.29, 1.82) is 0 Å². The van der Waals surface area contributed by atoms with Gasteiger partial charge in [-0.2, -0.15) is 0 Å². The van der Waals surface area contributed by atoms with Crippen molar-refractivity contribution in [3.05, 3.63) is 12.4 Å². The summed E-state index contributed by atoms with van der Waals surface area (Å²) in [4.78, 5) is 7.87. The Bertz CT molecular complexity index is 331. The summed E-state index contributed by atoms with van der Waals surface area (Å²) in [7, 11) is 0. The SMILES string of the molecule is CCOc1cc(NCC(C)(O)CO)ncn1. The summed E-state index contributed by atoms with van der Waals surface area (Å²) in [5, 5.41) is 21.3. The van der Waals surface area contributed by atoms with Crippen molar-refractivity contribution in [3.8, 4) is 5.88 Å². The topological polar surface area (TPSA) is 87.5 Å². The van der Waals surface area contributed by atoms with Gasteiger partial charge in [-0.15, -0.1) is 0 Å². The molecule has 0 aliphatic heterocycles. The van der Waals surface area contributed by atoms with Crippen molar-refractivity contribution in [2.45, 2.75) is 19.4 Å². The van der Waals surface area contributed by atoms with E-state index in [1.54, 1.807) is 6.07 Å². The molecular formula is C10H17N3O3. The summed E-state index contributed by atoms with van der Waals surface area (Å²) < 4.78 is 5.20. The Morgan fingerprint density at radius 3 is 2.88 bits per heavy atom. The van der Waals surface area contributed by atoms with Crippen LogP contribution in [0.4, 0.5) is 5.82 Å². The number of anilines is 1. The summed E-state index contributed by atoms with van der Waals surface area (Å²) in [6.45, 7) is 3.82. The highest BCUT2D eigenvalue weighted by Gasteiger charge is 2.18. The van der Waals surface area contributed by atoms with E-state index >= 15 is 0 Å². The number of aromatic nitrogens is 2. The second-order valence-electron chi connectivity index (χ2n) is 3.68. The highest BCUT2D eigenvalue weighted by atomic mass is 16.5. The summed E-state index contributed by atoms with van der Waals surface area (Å²) in [5.74, 6) is 1.02. The molecule has 0 aromatic carbocycles. The molecule has 1 rings (SSSR count). The van der Waals surface area contributed by atoms with Gasteiger partial charge in [-0.25, -0.2) is 9.97 Å². The number of hydrogen-bond donors (Lipinski definition) is 3. The van der Waals surface area contributed by atoms with Crippen LogP contribution in [0.2, 0.25) is 0 Å². The van der Waals surface area contributed by atoms with E-state index in [-0.39, 0.29) is 13.2 Å². The van der Waals surface area contributed by atoms with Gasteiger partial charge >= 0.3 is 0 Å². The first kappa shape index (κ1) is 12.7. The fourth-order valence-corrected chi connectivity index (χ4v) is 1.000. The van der Waals surface area contributed by atoms with Crippen LogP contribution >= 0.6 is 0 Å². The molecule has 0 aliphatic rings. The van der Waals surface area contributed by atoms with E-state index in [0.717, 1.165) is 0 Å². The van der Waals surface area contributed by atoms with Crippen LogP contribution in [0.3, 0.4) is 0 Å². The first-order valence-electron chi connectivity index (χ1n) is 5.09. The zero-order valence-corrected chi connectivity index (χ0v) is 9.47. The molecule has 0 aliphatic carbocycles. The number of aliphatic hydroxyl groups is 2. The first-order valence-corrected chi connectivity index (χ1v) is 5.09. The summed E-state index contributed by atoms with van der Waals surface area (Å²) in [6, 6.07) is 1.64. The van der Waals surface area contributed by atoms with Gasteiger partial charge in [-0.3, -0.25) is 0 Å². The first-order chi connectivity index (χ1) is 7.57. The van der Waals surface area contributed by atoms with Gasteiger partial charge in [0.1, 0.15) is 17.7 Å². The maximum absolute atomic E-state index is 9.57. The van der Waals surface area contributed by atoms with E-state index in [4.69, 9.17) is 9.84 Å². The van der Waals surface area contributed by atoms with Crippen molar-refractivity contribution in [2.75, 3.05) is 25.1 Å². The third-order valence-corrected chi connectivity index (χ3v) is 1.93. The lowest BCUT2D eigenvalue weighted by Gasteiger charge is -2.20. The van der Waals surface area contributed by atoms with E-state index in [9.17, 15) is 5.11 Å². The molecule has 0 radical (unpaired) electrons. The number of ether oxygens (including phenoxy) is 1. The Balaban J connectivity index is 2.57. The van der Waals surface area contributed by atoms with E-state index < -0.39 is 5.60 Å². The van der Waals surface area contributed by atoms with Crippen LogP contribution in [-0.4, -0.2) is 45.5 Å². The van der Waals surface area contributed by atoms with E-state index in [1.165, 1.54) is 13.3 Å². The normalized spacial score (nSPS) is 14.2. The highest BCUT2D eigenvalue weighted by molar-refractivity contribution is 5.37. The van der Waals surface area contributed by atoms with E-state index in [2.05, 4.69) is 15.3 Å². The van der Waals surface area contributed by atoms with Crippen molar-refractivity contribution < 1.29 is 14.9 Å². The number of nitrogens with zero attached hydrogens (tertiary/aromatic N) is 2. The fourth-order valence-electron chi connectivity index (χ4n) is 1.000. The number of nitrogens with one attached hydrogen (secondary N) is 1. The largest absolute Gasteiger partial charge is 0.478 e. The molecule has 0 fully saturated rings. The van der Waals surface area contributed by atoms with Crippen molar-refractivity contribution >= 4 is 5.82 Å². The highest BCUT2D eigenvalue weighted by Crippen LogP contribution is 2.12. The Kier molecular flexibility index (Phi) is 4.45. The molecule has 0 saturated heterocycles. The quantitative estimate of drug-likeness (QED) is 0.635. The van der Waals surface area contributed by atoms with Gasteiger partial charge in [0, 0.05) is 12.6 Å². The molecule has 0 bridgehead atoms. The number of rotatable bonds is 6. The molecule has 0 amide bonds. The molecule has 16 heavy (non-hydrogen) atoms.